The minimum absolute atomic E-state index is 0.0481. The van der Waals surface area contributed by atoms with Crippen LogP contribution in [0.5, 0.6) is 0 Å². The maximum atomic E-state index is 10.2. The quantitative estimate of drug-likeness (QED) is 0.492. The van der Waals surface area contributed by atoms with E-state index in [0.717, 1.165) is 0 Å². The molecule has 0 heterocycles. The molecule has 0 saturated carbocycles. The van der Waals surface area contributed by atoms with Gasteiger partial charge in [0.1, 0.15) is 0 Å². The van der Waals surface area contributed by atoms with Crippen LogP contribution in [0.25, 0.3) is 0 Å². The molecule has 2 heteroatoms. The SMILES string of the molecule is C=C(C)N=CC(C)=O. The van der Waals surface area contributed by atoms with Crippen molar-refractivity contribution < 1.29 is 4.79 Å². The molecule has 0 saturated heterocycles. The first-order valence-corrected chi connectivity index (χ1v) is 2.33. The fourth-order valence-corrected chi connectivity index (χ4v) is 0.201. The summed E-state index contributed by atoms with van der Waals surface area (Å²) < 4.78 is 0. The van der Waals surface area contributed by atoms with Gasteiger partial charge in [-0.25, -0.2) is 0 Å². The van der Waals surface area contributed by atoms with Gasteiger partial charge < -0.3 is 0 Å². The Morgan fingerprint density at radius 1 is 1.62 bits per heavy atom. The number of ketones is 1. The van der Waals surface area contributed by atoms with E-state index in [1.54, 1.807) is 6.92 Å². The monoisotopic (exact) mass is 111 g/mol. The maximum absolute atomic E-state index is 10.2. The molecular weight excluding hydrogens is 102 g/mol. The lowest BCUT2D eigenvalue weighted by Crippen LogP contribution is -1.88. The fourth-order valence-electron chi connectivity index (χ4n) is 0.201. The summed E-state index contributed by atoms with van der Waals surface area (Å²) in [5, 5.41) is 0. The van der Waals surface area contributed by atoms with Crippen molar-refractivity contribution in [3.05, 3.63) is 12.3 Å². The van der Waals surface area contributed by atoms with Crippen molar-refractivity contribution in [2.24, 2.45) is 4.99 Å². The van der Waals surface area contributed by atoms with E-state index in [9.17, 15) is 4.79 Å². The molecule has 0 unspecified atom stereocenters. The molecule has 0 aromatic carbocycles. The second-order valence-corrected chi connectivity index (χ2v) is 1.60. The molecule has 0 aliphatic heterocycles. The van der Waals surface area contributed by atoms with E-state index in [2.05, 4.69) is 11.6 Å². The molecule has 0 aromatic rings. The van der Waals surface area contributed by atoms with Crippen LogP contribution < -0.4 is 0 Å². The Bertz CT molecular complexity index is 119. The number of Topliss-reactive ketones (excluding diaryl/α,β-unsaturated/α-hetero) is 1. The summed E-state index contributed by atoms with van der Waals surface area (Å²) >= 11 is 0. The largest absolute Gasteiger partial charge is 0.293 e. The standard InChI is InChI=1S/C6H9NO/c1-5(2)7-4-6(3)8/h4H,1H2,2-3H3. The molecule has 0 rings (SSSR count). The summed E-state index contributed by atoms with van der Waals surface area (Å²) in [4.78, 5) is 13.8. The lowest BCUT2D eigenvalue weighted by atomic mass is 10.5. The Balaban J connectivity index is 3.67. The molecule has 0 fully saturated rings. The van der Waals surface area contributed by atoms with E-state index in [4.69, 9.17) is 0 Å². The topological polar surface area (TPSA) is 29.4 Å². The molecule has 0 bridgehead atoms. The Kier molecular flexibility index (Phi) is 2.77. The zero-order valence-electron chi connectivity index (χ0n) is 5.14. The lowest BCUT2D eigenvalue weighted by molar-refractivity contribution is -0.110. The van der Waals surface area contributed by atoms with Gasteiger partial charge in [-0.3, -0.25) is 9.79 Å². The van der Waals surface area contributed by atoms with Crippen LogP contribution in [0.1, 0.15) is 13.8 Å². The Morgan fingerprint density at radius 3 is 2.25 bits per heavy atom. The summed E-state index contributed by atoms with van der Waals surface area (Å²) in [6.45, 7) is 6.66. The van der Waals surface area contributed by atoms with Crippen LogP contribution >= 0.6 is 0 Å². The maximum Gasteiger partial charge on any atom is 0.170 e. The highest BCUT2D eigenvalue weighted by atomic mass is 16.1. The second-order valence-electron chi connectivity index (χ2n) is 1.60. The number of rotatable bonds is 2. The third-order valence-corrected chi connectivity index (χ3v) is 0.467. The Hall–Kier alpha value is -0.920. The van der Waals surface area contributed by atoms with Gasteiger partial charge in [0, 0.05) is 12.6 Å². The molecule has 8 heavy (non-hydrogen) atoms. The number of hydrogen-bond acceptors (Lipinski definition) is 2. The molecular formula is C6H9NO. The third kappa shape index (κ3) is 5.08. The number of nitrogens with zero attached hydrogens (tertiary/aromatic N) is 1. The average Bonchev–Trinajstić information content (AvgIpc) is 1.61. The highest BCUT2D eigenvalue weighted by Gasteiger charge is 1.79. The summed E-state index contributed by atoms with van der Waals surface area (Å²) in [6.07, 6.45) is 1.25. The van der Waals surface area contributed by atoms with Gasteiger partial charge in [0.25, 0.3) is 0 Å². The third-order valence-electron chi connectivity index (χ3n) is 0.467. The molecule has 0 amide bonds. The van der Waals surface area contributed by atoms with Crippen LogP contribution in [0, 0.1) is 0 Å². The fraction of sp³-hybridized carbons (Fsp3) is 0.333. The van der Waals surface area contributed by atoms with Crippen molar-refractivity contribution in [1.29, 1.82) is 0 Å². The summed E-state index contributed by atoms with van der Waals surface area (Å²) in [5.41, 5.74) is 0.653. The first-order chi connectivity index (χ1) is 3.63. The van der Waals surface area contributed by atoms with Crippen molar-refractivity contribution in [3.63, 3.8) is 0 Å². The van der Waals surface area contributed by atoms with E-state index in [0.29, 0.717) is 5.70 Å². The highest BCUT2D eigenvalue weighted by molar-refractivity contribution is 6.26. The molecule has 0 radical (unpaired) electrons. The second kappa shape index (κ2) is 3.13. The van der Waals surface area contributed by atoms with Gasteiger partial charge in [0.05, 0.1) is 6.21 Å². The number of hydrogen-bond donors (Lipinski definition) is 0. The predicted molar refractivity (Wildman–Crippen MR) is 34.0 cm³/mol. The van der Waals surface area contributed by atoms with Crippen LogP contribution in [0.15, 0.2) is 17.3 Å². The van der Waals surface area contributed by atoms with E-state index < -0.39 is 0 Å². The first kappa shape index (κ1) is 7.08. The van der Waals surface area contributed by atoms with E-state index in [1.165, 1.54) is 13.1 Å². The van der Waals surface area contributed by atoms with Crippen molar-refractivity contribution in [2.75, 3.05) is 0 Å². The van der Waals surface area contributed by atoms with Gasteiger partial charge in [0.15, 0.2) is 5.78 Å². The molecule has 0 aliphatic rings. The van der Waals surface area contributed by atoms with Crippen molar-refractivity contribution >= 4 is 12.0 Å². The lowest BCUT2D eigenvalue weighted by Gasteiger charge is -1.80. The van der Waals surface area contributed by atoms with Crippen LogP contribution in [-0.4, -0.2) is 12.0 Å². The molecule has 0 N–H and O–H groups in total. The van der Waals surface area contributed by atoms with E-state index in [-0.39, 0.29) is 5.78 Å². The number of carbonyl (C=O) groups is 1. The zero-order valence-corrected chi connectivity index (χ0v) is 5.14. The highest BCUT2D eigenvalue weighted by Crippen LogP contribution is 1.84. The van der Waals surface area contributed by atoms with Gasteiger partial charge in [0.2, 0.25) is 0 Å². The first-order valence-electron chi connectivity index (χ1n) is 2.33. The Labute approximate surface area is 48.9 Å². The van der Waals surface area contributed by atoms with Crippen LogP contribution in [0.3, 0.4) is 0 Å². The Morgan fingerprint density at radius 2 is 2.12 bits per heavy atom. The van der Waals surface area contributed by atoms with Gasteiger partial charge in [-0.15, -0.1) is 0 Å². The van der Waals surface area contributed by atoms with E-state index in [1.807, 2.05) is 0 Å². The molecule has 0 aromatic heterocycles. The molecule has 0 atom stereocenters. The van der Waals surface area contributed by atoms with Gasteiger partial charge >= 0.3 is 0 Å². The summed E-state index contributed by atoms with van der Waals surface area (Å²) in [5.74, 6) is -0.0481. The van der Waals surface area contributed by atoms with E-state index >= 15 is 0 Å². The summed E-state index contributed by atoms with van der Waals surface area (Å²) in [6, 6.07) is 0. The van der Waals surface area contributed by atoms with Crippen LogP contribution in [-0.2, 0) is 4.79 Å². The molecule has 0 aliphatic carbocycles. The minimum atomic E-state index is -0.0481. The molecule has 2 nitrogen and oxygen atoms in total. The molecule has 44 valence electrons. The number of allylic oxidation sites excluding steroid dienone is 1. The average molecular weight is 111 g/mol. The summed E-state index contributed by atoms with van der Waals surface area (Å²) in [7, 11) is 0. The smallest absolute Gasteiger partial charge is 0.170 e. The predicted octanol–water partition coefficient (Wildman–Crippen LogP) is 1.18. The van der Waals surface area contributed by atoms with Crippen molar-refractivity contribution in [1.82, 2.24) is 0 Å². The van der Waals surface area contributed by atoms with Crippen LogP contribution in [0.4, 0.5) is 0 Å². The van der Waals surface area contributed by atoms with Gasteiger partial charge in [-0.2, -0.15) is 0 Å². The minimum Gasteiger partial charge on any atom is -0.293 e. The van der Waals surface area contributed by atoms with Gasteiger partial charge in [-0.05, 0) is 6.92 Å². The molecule has 0 spiro atoms. The van der Waals surface area contributed by atoms with Crippen molar-refractivity contribution in [3.8, 4) is 0 Å². The van der Waals surface area contributed by atoms with Crippen molar-refractivity contribution in [2.45, 2.75) is 13.8 Å². The normalized spacial score (nSPS) is 9.75. The zero-order chi connectivity index (χ0) is 6.57. The van der Waals surface area contributed by atoms with Crippen LogP contribution in [0.2, 0.25) is 0 Å². The van der Waals surface area contributed by atoms with Gasteiger partial charge in [-0.1, -0.05) is 6.58 Å². The number of aliphatic imine (C=N–C) groups is 1. The number of carbonyl (C=O) groups excluding carboxylic acids is 1.